The summed E-state index contributed by atoms with van der Waals surface area (Å²) in [4.78, 5) is 0.365. The first-order chi connectivity index (χ1) is 10.3. The van der Waals surface area contributed by atoms with E-state index in [1.807, 2.05) is 39.8 Å². The van der Waals surface area contributed by atoms with E-state index in [0.717, 1.165) is 22.6 Å². The average Bonchev–Trinajstić information content (AvgIpc) is 2.76. The molecule has 0 aliphatic carbocycles. The molecule has 0 unspecified atom stereocenters. The van der Waals surface area contributed by atoms with E-state index in [2.05, 4.69) is 10.5 Å². The van der Waals surface area contributed by atoms with Gasteiger partial charge in [-0.1, -0.05) is 22.9 Å². The van der Waals surface area contributed by atoms with Crippen molar-refractivity contribution < 1.29 is 12.9 Å². The second-order valence-electron chi connectivity index (χ2n) is 5.68. The number of aryl methyl sites for hydroxylation is 3. The third-order valence-electron chi connectivity index (χ3n) is 3.66. The second kappa shape index (κ2) is 6.62. The zero-order chi connectivity index (χ0) is 16.3. The summed E-state index contributed by atoms with van der Waals surface area (Å²) in [5, 5.41) is 7.12. The van der Waals surface area contributed by atoms with Crippen molar-refractivity contribution >= 4 is 9.84 Å². The van der Waals surface area contributed by atoms with E-state index in [9.17, 15) is 8.42 Å². The van der Waals surface area contributed by atoms with Crippen molar-refractivity contribution in [1.29, 1.82) is 0 Å². The zero-order valence-corrected chi connectivity index (χ0v) is 14.2. The lowest BCUT2D eigenvalue weighted by atomic mass is 10.2. The van der Waals surface area contributed by atoms with Crippen LogP contribution in [0.5, 0.6) is 0 Å². The molecule has 1 aromatic carbocycles. The van der Waals surface area contributed by atoms with Crippen molar-refractivity contribution in [3.05, 3.63) is 46.8 Å². The van der Waals surface area contributed by atoms with E-state index in [1.54, 1.807) is 12.1 Å². The van der Waals surface area contributed by atoms with Gasteiger partial charge in [-0.15, -0.1) is 0 Å². The van der Waals surface area contributed by atoms with E-state index in [4.69, 9.17) is 4.52 Å². The summed E-state index contributed by atoms with van der Waals surface area (Å²) in [5.41, 5.74) is 2.86. The van der Waals surface area contributed by atoms with Gasteiger partial charge in [0.15, 0.2) is 9.84 Å². The molecule has 22 heavy (non-hydrogen) atoms. The summed E-state index contributed by atoms with van der Waals surface area (Å²) in [6.07, 6.45) is 0. The fourth-order valence-electron chi connectivity index (χ4n) is 2.26. The normalized spacial score (nSPS) is 13.3. The Morgan fingerprint density at radius 3 is 2.36 bits per heavy atom. The molecule has 0 fully saturated rings. The van der Waals surface area contributed by atoms with Gasteiger partial charge in [-0.2, -0.15) is 0 Å². The quantitative estimate of drug-likeness (QED) is 0.885. The van der Waals surface area contributed by atoms with Gasteiger partial charge in [-0.05, 0) is 39.8 Å². The Balaban J connectivity index is 1.99. The third kappa shape index (κ3) is 3.96. The minimum Gasteiger partial charge on any atom is -0.361 e. The summed E-state index contributed by atoms with van der Waals surface area (Å²) in [6.45, 7) is 8.08. The molecule has 1 atom stereocenters. The van der Waals surface area contributed by atoms with E-state index < -0.39 is 9.84 Å². The van der Waals surface area contributed by atoms with Crippen LogP contribution in [0, 0.1) is 20.8 Å². The monoisotopic (exact) mass is 322 g/mol. The SMILES string of the molecule is Cc1ccc(S(=O)(=O)C[C@H](C)NCc2c(C)noc2C)cc1. The maximum Gasteiger partial charge on any atom is 0.179 e. The summed E-state index contributed by atoms with van der Waals surface area (Å²) < 4.78 is 29.9. The van der Waals surface area contributed by atoms with Gasteiger partial charge in [-0.3, -0.25) is 0 Å². The van der Waals surface area contributed by atoms with E-state index in [0.29, 0.717) is 11.4 Å². The third-order valence-corrected chi connectivity index (χ3v) is 5.59. The van der Waals surface area contributed by atoms with Gasteiger partial charge < -0.3 is 9.84 Å². The predicted octanol–water partition coefficient (Wildman–Crippen LogP) is 2.55. The van der Waals surface area contributed by atoms with Crippen LogP contribution in [-0.4, -0.2) is 25.4 Å². The highest BCUT2D eigenvalue weighted by atomic mass is 32.2. The van der Waals surface area contributed by atoms with Crippen LogP contribution >= 0.6 is 0 Å². The zero-order valence-electron chi connectivity index (χ0n) is 13.4. The van der Waals surface area contributed by atoms with Crippen molar-refractivity contribution in [2.45, 2.75) is 45.2 Å². The number of sulfone groups is 1. The lowest BCUT2D eigenvalue weighted by Crippen LogP contribution is -2.32. The molecule has 0 bridgehead atoms. The van der Waals surface area contributed by atoms with Gasteiger partial charge in [0.2, 0.25) is 0 Å². The van der Waals surface area contributed by atoms with Crippen LogP contribution < -0.4 is 5.32 Å². The van der Waals surface area contributed by atoms with Gasteiger partial charge >= 0.3 is 0 Å². The number of hydrogen-bond acceptors (Lipinski definition) is 5. The van der Waals surface area contributed by atoms with E-state index >= 15 is 0 Å². The molecule has 0 saturated carbocycles. The highest BCUT2D eigenvalue weighted by Crippen LogP contribution is 2.15. The lowest BCUT2D eigenvalue weighted by molar-refractivity contribution is 0.391. The topological polar surface area (TPSA) is 72.2 Å². The lowest BCUT2D eigenvalue weighted by Gasteiger charge is -2.14. The van der Waals surface area contributed by atoms with Gasteiger partial charge in [0.05, 0.1) is 16.3 Å². The summed E-state index contributed by atoms with van der Waals surface area (Å²) in [6, 6.07) is 6.78. The Morgan fingerprint density at radius 2 is 1.82 bits per heavy atom. The Bertz CT molecular complexity index is 714. The number of aromatic nitrogens is 1. The van der Waals surface area contributed by atoms with Crippen molar-refractivity contribution in [3.63, 3.8) is 0 Å². The first-order valence-electron chi connectivity index (χ1n) is 7.24. The average molecular weight is 322 g/mol. The minimum atomic E-state index is -3.29. The molecular formula is C16H22N2O3S. The first-order valence-corrected chi connectivity index (χ1v) is 8.89. The van der Waals surface area contributed by atoms with Crippen molar-refractivity contribution in [3.8, 4) is 0 Å². The molecule has 1 heterocycles. The fraction of sp³-hybridized carbons (Fsp3) is 0.438. The number of benzene rings is 1. The first kappa shape index (κ1) is 16.7. The molecule has 2 aromatic rings. The molecule has 120 valence electrons. The summed E-state index contributed by atoms with van der Waals surface area (Å²) in [5.74, 6) is 0.818. The molecule has 0 aliphatic rings. The van der Waals surface area contributed by atoms with Gasteiger partial charge in [0, 0.05) is 18.2 Å². The van der Waals surface area contributed by atoms with Crippen molar-refractivity contribution in [2.75, 3.05) is 5.75 Å². The molecular weight excluding hydrogens is 300 g/mol. The van der Waals surface area contributed by atoms with Crippen molar-refractivity contribution in [2.24, 2.45) is 0 Å². The van der Waals surface area contributed by atoms with E-state index in [1.165, 1.54) is 0 Å². The highest BCUT2D eigenvalue weighted by Gasteiger charge is 2.19. The number of rotatable bonds is 6. The molecule has 1 N–H and O–H groups in total. The maximum atomic E-state index is 12.4. The van der Waals surface area contributed by atoms with Gasteiger partial charge in [0.25, 0.3) is 0 Å². The van der Waals surface area contributed by atoms with Crippen LogP contribution in [0.15, 0.2) is 33.7 Å². The number of hydrogen-bond donors (Lipinski definition) is 1. The molecule has 6 heteroatoms. The van der Waals surface area contributed by atoms with Crippen molar-refractivity contribution in [1.82, 2.24) is 10.5 Å². The smallest absolute Gasteiger partial charge is 0.179 e. The Labute approximate surface area is 131 Å². The Kier molecular flexibility index (Phi) is 5.03. The molecule has 0 spiro atoms. The number of nitrogens with zero attached hydrogens (tertiary/aromatic N) is 1. The van der Waals surface area contributed by atoms with Crippen LogP contribution in [0.1, 0.15) is 29.5 Å². The standard InChI is InChI=1S/C16H22N2O3S/c1-11-5-7-15(8-6-11)22(19,20)10-12(2)17-9-16-13(3)18-21-14(16)4/h5-8,12,17H,9-10H2,1-4H3/t12-/m0/s1. The molecule has 5 nitrogen and oxygen atoms in total. The molecule has 0 aliphatic heterocycles. The van der Waals surface area contributed by atoms with Gasteiger partial charge in [0.1, 0.15) is 5.76 Å². The Hall–Kier alpha value is -1.66. The Morgan fingerprint density at radius 1 is 1.18 bits per heavy atom. The molecule has 1 aromatic heterocycles. The van der Waals surface area contributed by atoms with Crippen LogP contribution in [-0.2, 0) is 16.4 Å². The minimum absolute atomic E-state index is 0.0550. The van der Waals surface area contributed by atoms with E-state index in [-0.39, 0.29) is 11.8 Å². The maximum absolute atomic E-state index is 12.4. The second-order valence-corrected chi connectivity index (χ2v) is 7.71. The largest absolute Gasteiger partial charge is 0.361 e. The van der Waals surface area contributed by atoms with Crippen LogP contribution in [0.3, 0.4) is 0 Å². The fourth-order valence-corrected chi connectivity index (χ4v) is 3.78. The summed E-state index contributed by atoms with van der Waals surface area (Å²) >= 11 is 0. The van der Waals surface area contributed by atoms with Crippen LogP contribution in [0.2, 0.25) is 0 Å². The molecule has 0 saturated heterocycles. The van der Waals surface area contributed by atoms with Gasteiger partial charge in [-0.25, -0.2) is 8.42 Å². The number of nitrogens with one attached hydrogen (secondary N) is 1. The molecule has 0 radical (unpaired) electrons. The van der Waals surface area contributed by atoms with Crippen LogP contribution in [0.4, 0.5) is 0 Å². The predicted molar refractivity (Wildman–Crippen MR) is 85.5 cm³/mol. The molecule has 0 amide bonds. The molecule has 2 rings (SSSR count). The summed E-state index contributed by atoms with van der Waals surface area (Å²) in [7, 11) is -3.29. The highest BCUT2D eigenvalue weighted by molar-refractivity contribution is 7.91. The van der Waals surface area contributed by atoms with Crippen LogP contribution in [0.25, 0.3) is 0 Å².